The van der Waals surface area contributed by atoms with Crippen molar-refractivity contribution in [2.45, 2.75) is 6.42 Å². The lowest BCUT2D eigenvalue weighted by molar-refractivity contribution is 0.394. The first-order chi connectivity index (χ1) is 6.83. The molecule has 1 aliphatic heterocycles. The molecule has 1 unspecified atom stereocenters. The molecule has 0 saturated carbocycles. The summed E-state index contributed by atoms with van der Waals surface area (Å²) in [6, 6.07) is 8.78. The number of likely N-dealkylation sites (tertiary alicyclic amines) is 1. The van der Waals surface area contributed by atoms with Crippen molar-refractivity contribution in [1.29, 1.82) is 0 Å². The van der Waals surface area contributed by atoms with Crippen molar-refractivity contribution in [3.05, 3.63) is 41.0 Å². The Labute approximate surface area is 97.2 Å². The molecule has 15 heavy (non-hydrogen) atoms. The van der Waals surface area contributed by atoms with Crippen molar-refractivity contribution in [3.8, 4) is 0 Å². The summed E-state index contributed by atoms with van der Waals surface area (Å²) in [5.41, 5.74) is 4.59. The second kappa shape index (κ2) is 3.99. The molecule has 0 amide bonds. The molecule has 1 aliphatic carbocycles. The maximum Gasteiger partial charge on any atom is 0.0196 e. The van der Waals surface area contributed by atoms with E-state index in [0.29, 0.717) is 0 Å². The Balaban J connectivity index is 0.000000853. The number of benzene rings is 1. The quantitative estimate of drug-likeness (QED) is 0.651. The van der Waals surface area contributed by atoms with E-state index in [2.05, 4.69) is 42.3 Å². The fourth-order valence-electron chi connectivity index (χ4n) is 2.68. The van der Waals surface area contributed by atoms with Crippen LogP contribution in [0.5, 0.6) is 0 Å². The SMILES string of the molecule is CN1CC2=Cc3ccccc3CC2C1.Cl. The lowest BCUT2D eigenvalue weighted by Crippen LogP contribution is -2.15. The normalized spacial score (nSPS) is 23.8. The minimum atomic E-state index is 0. The van der Waals surface area contributed by atoms with Crippen molar-refractivity contribution < 1.29 is 0 Å². The van der Waals surface area contributed by atoms with Crippen LogP contribution in [0.2, 0.25) is 0 Å². The largest absolute Gasteiger partial charge is 0.302 e. The minimum absolute atomic E-state index is 0. The smallest absolute Gasteiger partial charge is 0.0196 e. The highest BCUT2D eigenvalue weighted by Gasteiger charge is 2.28. The predicted octanol–water partition coefficient (Wildman–Crippen LogP) is 2.61. The van der Waals surface area contributed by atoms with E-state index >= 15 is 0 Å². The Hall–Kier alpha value is -0.790. The molecular weight excluding hydrogens is 206 g/mol. The van der Waals surface area contributed by atoms with E-state index in [4.69, 9.17) is 0 Å². The van der Waals surface area contributed by atoms with Gasteiger partial charge in [-0.3, -0.25) is 0 Å². The molecular formula is C13H16ClN. The van der Waals surface area contributed by atoms with Gasteiger partial charge in [-0.2, -0.15) is 0 Å². The summed E-state index contributed by atoms with van der Waals surface area (Å²) in [5, 5.41) is 0. The van der Waals surface area contributed by atoms with Gasteiger partial charge in [-0.25, -0.2) is 0 Å². The number of fused-ring (bicyclic) bond motifs is 2. The molecule has 0 N–H and O–H groups in total. The average molecular weight is 222 g/mol. The van der Waals surface area contributed by atoms with E-state index in [0.717, 1.165) is 5.92 Å². The zero-order valence-electron chi connectivity index (χ0n) is 8.94. The standard InChI is InChI=1S/C13H15N.ClH/c1-14-8-12-6-10-4-2-3-5-11(10)7-13(12)9-14;/h2-6,13H,7-9H2,1H3;1H. The number of hydrogen-bond acceptors (Lipinski definition) is 1. The van der Waals surface area contributed by atoms with Gasteiger partial charge < -0.3 is 4.90 Å². The minimum Gasteiger partial charge on any atom is -0.302 e. The van der Waals surface area contributed by atoms with E-state index in [1.807, 2.05) is 0 Å². The summed E-state index contributed by atoms with van der Waals surface area (Å²) in [5.74, 6) is 0.787. The van der Waals surface area contributed by atoms with Crippen LogP contribution in [0.1, 0.15) is 11.1 Å². The molecule has 1 heterocycles. The molecule has 3 rings (SSSR count). The van der Waals surface area contributed by atoms with Crippen LogP contribution >= 0.6 is 12.4 Å². The zero-order chi connectivity index (χ0) is 9.54. The Kier molecular flexibility index (Phi) is 2.85. The van der Waals surface area contributed by atoms with Gasteiger partial charge in [0.2, 0.25) is 0 Å². The van der Waals surface area contributed by atoms with Crippen molar-refractivity contribution in [2.24, 2.45) is 5.92 Å². The van der Waals surface area contributed by atoms with E-state index < -0.39 is 0 Å². The van der Waals surface area contributed by atoms with Gasteiger partial charge in [-0.1, -0.05) is 35.9 Å². The van der Waals surface area contributed by atoms with Crippen LogP contribution in [0.25, 0.3) is 6.08 Å². The third kappa shape index (κ3) is 1.82. The fourth-order valence-corrected chi connectivity index (χ4v) is 2.68. The topological polar surface area (TPSA) is 3.24 Å². The highest BCUT2D eigenvalue weighted by molar-refractivity contribution is 5.85. The molecule has 1 aromatic rings. The number of likely N-dealkylation sites (N-methyl/N-ethyl adjacent to an activating group) is 1. The van der Waals surface area contributed by atoms with Gasteiger partial charge in [0.1, 0.15) is 0 Å². The van der Waals surface area contributed by atoms with Crippen LogP contribution in [0.4, 0.5) is 0 Å². The third-order valence-electron chi connectivity index (χ3n) is 3.37. The van der Waals surface area contributed by atoms with Gasteiger partial charge in [0, 0.05) is 13.1 Å². The molecule has 80 valence electrons. The van der Waals surface area contributed by atoms with Crippen molar-refractivity contribution in [1.82, 2.24) is 4.90 Å². The van der Waals surface area contributed by atoms with Gasteiger partial charge in [0.05, 0.1) is 0 Å². The molecule has 1 aromatic carbocycles. The summed E-state index contributed by atoms with van der Waals surface area (Å²) in [4.78, 5) is 2.42. The maximum atomic E-state index is 2.42. The summed E-state index contributed by atoms with van der Waals surface area (Å²) in [7, 11) is 2.21. The highest BCUT2D eigenvalue weighted by Crippen LogP contribution is 2.32. The van der Waals surface area contributed by atoms with Crippen LogP contribution in [0.15, 0.2) is 29.8 Å². The molecule has 0 bridgehead atoms. The van der Waals surface area contributed by atoms with Crippen molar-refractivity contribution >= 4 is 18.5 Å². The lowest BCUT2D eigenvalue weighted by atomic mass is 9.85. The Morgan fingerprint density at radius 1 is 1.27 bits per heavy atom. The van der Waals surface area contributed by atoms with E-state index in [1.165, 1.54) is 30.6 Å². The number of halogens is 1. The number of hydrogen-bond donors (Lipinski definition) is 0. The van der Waals surface area contributed by atoms with Crippen LogP contribution in [-0.2, 0) is 6.42 Å². The lowest BCUT2D eigenvalue weighted by Gasteiger charge is -2.19. The summed E-state index contributed by atoms with van der Waals surface area (Å²) >= 11 is 0. The van der Waals surface area contributed by atoms with Gasteiger partial charge in [-0.05, 0) is 30.5 Å². The summed E-state index contributed by atoms with van der Waals surface area (Å²) < 4.78 is 0. The summed E-state index contributed by atoms with van der Waals surface area (Å²) in [6.07, 6.45) is 3.64. The molecule has 0 aromatic heterocycles. The molecule has 1 nitrogen and oxygen atoms in total. The first-order valence-electron chi connectivity index (χ1n) is 5.30. The molecule has 0 spiro atoms. The first-order valence-corrected chi connectivity index (χ1v) is 5.30. The molecule has 1 atom stereocenters. The van der Waals surface area contributed by atoms with Gasteiger partial charge >= 0.3 is 0 Å². The second-order valence-electron chi connectivity index (χ2n) is 4.52. The van der Waals surface area contributed by atoms with Gasteiger partial charge in [0.15, 0.2) is 0 Å². The predicted molar refractivity (Wildman–Crippen MR) is 66.4 cm³/mol. The maximum absolute atomic E-state index is 2.42. The van der Waals surface area contributed by atoms with Gasteiger partial charge in [0.25, 0.3) is 0 Å². The van der Waals surface area contributed by atoms with Gasteiger partial charge in [-0.15, -0.1) is 12.4 Å². The molecule has 1 fully saturated rings. The van der Waals surface area contributed by atoms with E-state index in [-0.39, 0.29) is 12.4 Å². The van der Waals surface area contributed by atoms with E-state index in [9.17, 15) is 0 Å². The van der Waals surface area contributed by atoms with Crippen LogP contribution in [-0.4, -0.2) is 25.0 Å². The van der Waals surface area contributed by atoms with Crippen LogP contribution in [0.3, 0.4) is 0 Å². The van der Waals surface area contributed by atoms with Crippen molar-refractivity contribution in [2.75, 3.05) is 20.1 Å². The summed E-state index contributed by atoms with van der Waals surface area (Å²) in [6.45, 7) is 2.40. The van der Waals surface area contributed by atoms with E-state index in [1.54, 1.807) is 5.57 Å². The zero-order valence-corrected chi connectivity index (χ0v) is 9.76. The number of rotatable bonds is 0. The molecule has 0 radical (unpaired) electrons. The van der Waals surface area contributed by atoms with Crippen LogP contribution < -0.4 is 0 Å². The Morgan fingerprint density at radius 3 is 2.93 bits per heavy atom. The first kappa shape index (κ1) is 10.7. The number of nitrogens with zero attached hydrogens (tertiary/aromatic N) is 1. The highest BCUT2D eigenvalue weighted by atomic mass is 35.5. The third-order valence-corrected chi connectivity index (χ3v) is 3.37. The Morgan fingerprint density at radius 2 is 2.07 bits per heavy atom. The average Bonchev–Trinajstić information content (AvgIpc) is 2.53. The Bertz CT molecular complexity index is 397. The van der Waals surface area contributed by atoms with Crippen LogP contribution in [0, 0.1) is 5.92 Å². The molecule has 1 saturated heterocycles. The fraction of sp³-hybridized carbons (Fsp3) is 0.385. The molecule has 2 heteroatoms. The monoisotopic (exact) mass is 221 g/mol. The molecule has 2 aliphatic rings. The second-order valence-corrected chi connectivity index (χ2v) is 4.52. The van der Waals surface area contributed by atoms with Crippen molar-refractivity contribution in [3.63, 3.8) is 0 Å².